The second kappa shape index (κ2) is 3.18. The van der Waals surface area contributed by atoms with Crippen molar-refractivity contribution < 1.29 is 4.79 Å². The van der Waals surface area contributed by atoms with E-state index in [1.165, 1.54) is 0 Å². The monoisotopic (exact) mass is 173 g/mol. The van der Waals surface area contributed by atoms with Gasteiger partial charge in [-0.05, 0) is 0 Å². The maximum atomic E-state index is 10.3. The van der Waals surface area contributed by atoms with Crippen molar-refractivity contribution in [2.75, 3.05) is 0 Å². The number of carbonyl (C=O) groups excluding carboxylic acids is 1. The Kier molecular flexibility index (Phi) is 1.88. The van der Waals surface area contributed by atoms with Crippen LogP contribution in [0, 0.1) is 0 Å². The van der Waals surface area contributed by atoms with E-state index in [-0.39, 0.29) is 0 Å². The Balaban J connectivity index is 2.41. The molecule has 2 rings (SSSR count). The highest BCUT2D eigenvalue weighted by Crippen LogP contribution is 2.13. The summed E-state index contributed by atoms with van der Waals surface area (Å²) in [7, 11) is 0. The van der Waals surface area contributed by atoms with Crippen LogP contribution in [0.3, 0.4) is 0 Å². The topological polar surface area (TPSA) is 47.8 Å². The molecule has 0 aliphatic heterocycles. The van der Waals surface area contributed by atoms with Crippen LogP contribution in [-0.4, -0.2) is 21.4 Å². The largest absolute Gasteiger partial charge is 0.275 e. The summed E-state index contributed by atoms with van der Waals surface area (Å²) in [5.74, 6) is 0. The zero-order valence-electron chi connectivity index (χ0n) is 6.79. The lowest BCUT2D eigenvalue weighted by Gasteiger charge is -1.91. The molecule has 1 heterocycles. The molecule has 0 spiro atoms. The van der Waals surface area contributed by atoms with Crippen molar-refractivity contribution in [2.45, 2.75) is 0 Å². The van der Waals surface area contributed by atoms with E-state index in [4.69, 9.17) is 0 Å². The molecule has 0 radical (unpaired) electrons. The Bertz CT molecular complexity index is 408. The van der Waals surface area contributed by atoms with Crippen LogP contribution >= 0.6 is 0 Å². The Morgan fingerprint density at radius 1 is 1.23 bits per heavy atom. The van der Waals surface area contributed by atoms with Gasteiger partial charge in [0.25, 0.3) is 6.41 Å². The van der Waals surface area contributed by atoms with Crippen molar-refractivity contribution >= 4 is 6.41 Å². The molecule has 1 aromatic heterocycles. The van der Waals surface area contributed by atoms with E-state index in [0.717, 1.165) is 10.4 Å². The predicted molar refractivity (Wildman–Crippen MR) is 47.6 cm³/mol. The van der Waals surface area contributed by atoms with E-state index in [9.17, 15) is 4.79 Å². The van der Waals surface area contributed by atoms with Crippen LogP contribution in [0.1, 0.15) is 0 Å². The standard InChI is InChI=1S/C9H7N3O/c13-7-12-10-6-9(11-12)8-4-2-1-3-5-8/h1-7H. The van der Waals surface area contributed by atoms with Gasteiger partial charge in [-0.3, -0.25) is 4.79 Å². The molecule has 0 unspecified atom stereocenters. The number of carbonyl (C=O) groups is 1. The predicted octanol–water partition coefficient (Wildman–Crippen LogP) is 0.983. The molecular weight excluding hydrogens is 166 g/mol. The number of aromatic nitrogens is 3. The number of benzene rings is 1. The first kappa shape index (κ1) is 7.67. The van der Waals surface area contributed by atoms with Gasteiger partial charge in [0.2, 0.25) is 0 Å². The molecule has 0 atom stereocenters. The van der Waals surface area contributed by atoms with Crippen molar-refractivity contribution in [3.05, 3.63) is 36.5 Å². The third-order valence-electron chi connectivity index (χ3n) is 1.67. The molecule has 0 bridgehead atoms. The average molecular weight is 173 g/mol. The van der Waals surface area contributed by atoms with Gasteiger partial charge in [-0.2, -0.15) is 5.10 Å². The summed E-state index contributed by atoms with van der Waals surface area (Å²) in [4.78, 5) is 11.3. The molecular formula is C9H7N3O. The van der Waals surface area contributed by atoms with Gasteiger partial charge in [0, 0.05) is 5.56 Å². The average Bonchev–Trinajstić information content (AvgIpc) is 2.67. The molecule has 4 nitrogen and oxygen atoms in total. The molecule has 0 fully saturated rings. The highest BCUT2D eigenvalue weighted by atomic mass is 16.1. The second-order valence-corrected chi connectivity index (χ2v) is 2.52. The number of hydrogen-bond donors (Lipinski definition) is 0. The molecule has 0 saturated heterocycles. The Labute approximate surface area is 74.8 Å². The Hall–Kier alpha value is -1.97. The molecule has 0 aliphatic rings. The molecule has 0 aliphatic carbocycles. The number of nitrogens with zero attached hydrogens (tertiary/aromatic N) is 3. The number of rotatable bonds is 2. The van der Waals surface area contributed by atoms with Crippen LogP contribution < -0.4 is 0 Å². The van der Waals surface area contributed by atoms with Crippen LogP contribution in [0.15, 0.2) is 36.5 Å². The third kappa shape index (κ3) is 1.46. The highest BCUT2D eigenvalue weighted by Gasteiger charge is 2.00. The third-order valence-corrected chi connectivity index (χ3v) is 1.67. The minimum absolute atomic E-state index is 0.562. The molecule has 64 valence electrons. The summed E-state index contributed by atoms with van der Waals surface area (Å²) in [6, 6.07) is 9.58. The zero-order valence-corrected chi connectivity index (χ0v) is 6.79. The lowest BCUT2D eigenvalue weighted by molar-refractivity contribution is 0.530. The van der Waals surface area contributed by atoms with E-state index < -0.39 is 0 Å². The van der Waals surface area contributed by atoms with E-state index >= 15 is 0 Å². The fraction of sp³-hybridized carbons (Fsp3) is 0. The summed E-state index contributed by atoms with van der Waals surface area (Å²) >= 11 is 0. The normalized spacial score (nSPS) is 9.85. The van der Waals surface area contributed by atoms with Crippen LogP contribution in [0.2, 0.25) is 0 Å². The fourth-order valence-electron chi connectivity index (χ4n) is 1.07. The summed E-state index contributed by atoms with van der Waals surface area (Å²) in [5.41, 5.74) is 1.66. The molecule has 0 saturated carbocycles. The van der Waals surface area contributed by atoms with E-state index in [1.54, 1.807) is 6.20 Å². The summed E-state index contributed by atoms with van der Waals surface area (Å²) in [6.45, 7) is 0. The van der Waals surface area contributed by atoms with Crippen LogP contribution in [0.5, 0.6) is 0 Å². The summed E-state index contributed by atoms with van der Waals surface area (Å²) < 4.78 is 0. The van der Waals surface area contributed by atoms with Crippen molar-refractivity contribution in [3.63, 3.8) is 0 Å². The maximum absolute atomic E-state index is 10.3. The Morgan fingerprint density at radius 2 is 2.00 bits per heavy atom. The van der Waals surface area contributed by atoms with Gasteiger partial charge in [-0.15, -0.1) is 9.90 Å². The molecule has 0 amide bonds. The van der Waals surface area contributed by atoms with E-state index in [2.05, 4.69) is 10.2 Å². The molecule has 2 aromatic rings. The van der Waals surface area contributed by atoms with Crippen molar-refractivity contribution in [1.82, 2.24) is 15.0 Å². The molecule has 13 heavy (non-hydrogen) atoms. The Morgan fingerprint density at radius 3 is 2.62 bits per heavy atom. The highest BCUT2D eigenvalue weighted by molar-refractivity contribution is 5.59. The lowest BCUT2D eigenvalue weighted by Crippen LogP contribution is -1.98. The second-order valence-electron chi connectivity index (χ2n) is 2.52. The van der Waals surface area contributed by atoms with Gasteiger partial charge in [0.15, 0.2) is 0 Å². The minimum atomic E-state index is 0.562. The first-order valence-electron chi connectivity index (χ1n) is 3.83. The molecule has 0 N–H and O–H groups in total. The summed E-state index contributed by atoms with van der Waals surface area (Å²) in [5, 5.41) is 7.69. The fourth-order valence-corrected chi connectivity index (χ4v) is 1.07. The zero-order chi connectivity index (χ0) is 9.10. The van der Waals surface area contributed by atoms with E-state index in [1.807, 2.05) is 30.3 Å². The maximum Gasteiger partial charge on any atom is 0.252 e. The van der Waals surface area contributed by atoms with Gasteiger partial charge in [0.1, 0.15) is 5.69 Å². The van der Waals surface area contributed by atoms with Gasteiger partial charge in [0.05, 0.1) is 6.20 Å². The quantitative estimate of drug-likeness (QED) is 0.636. The first-order chi connectivity index (χ1) is 6.40. The van der Waals surface area contributed by atoms with Crippen LogP contribution in [0.4, 0.5) is 0 Å². The van der Waals surface area contributed by atoms with Crippen molar-refractivity contribution in [2.24, 2.45) is 0 Å². The van der Waals surface area contributed by atoms with Gasteiger partial charge < -0.3 is 0 Å². The van der Waals surface area contributed by atoms with Gasteiger partial charge >= 0.3 is 0 Å². The van der Waals surface area contributed by atoms with Gasteiger partial charge in [-0.25, -0.2) is 0 Å². The molecule has 4 heteroatoms. The summed E-state index contributed by atoms with van der Waals surface area (Å²) in [6.07, 6.45) is 2.12. The van der Waals surface area contributed by atoms with E-state index in [0.29, 0.717) is 12.1 Å². The van der Waals surface area contributed by atoms with Crippen LogP contribution in [0.25, 0.3) is 11.3 Å². The lowest BCUT2D eigenvalue weighted by atomic mass is 10.2. The van der Waals surface area contributed by atoms with Gasteiger partial charge in [-0.1, -0.05) is 30.3 Å². The first-order valence-corrected chi connectivity index (χ1v) is 3.83. The number of hydrogen-bond acceptors (Lipinski definition) is 3. The van der Waals surface area contributed by atoms with Crippen molar-refractivity contribution in [3.8, 4) is 11.3 Å². The van der Waals surface area contributed by atoms with Crippen LogP contribution in [-0.2, 0) is 4.79 Å². The minimum Gasteiger partial charge on any atom is -0.275 e. The SMILES string of the molecule is O=Cn1ncc(-c2ccccc2)n1. The smallest absolute Gasteiger partial charge is 0.252 e. The van der Waals surface area contributed by atoms with Crippen molar-refractivity contribution in [1.29, 1.82) is 0 Å². The molecule has 1 aromatic carbocycles.